The smallest absolute Gasteiger partial charge is 0.318 e. The van der Waals surface area contributed by atoms with E-state index in [1.165, 1.54) is 17.2 Å². The number of carbonyl (C=O) groups is 1. The number of nitrogens with one attached hydrogen (secondary N) is 2. The maximum Gasteiger partial charge on any atom is 0.318 e. The number of hydrogen-bond donors (Lipinski definition) is 4. The van der Waals surface area contributed by atoms with Crippen LogP contribution in [-0.4, -0.2) is 58.5 Å². The zero-order valence-corrected chi connectivity index (χ0v) is 17.9. The Bertz CT molecular complexity index is 1020. The van der Waals surface area contributed by atoms with Gasteiger partial charge in [-0.3, -0.25) is 0 Å². The largest absolute Gasteiger partial charge is 0.444 e. The van der Waals surface area contributed by atoms with Gasteiger partial charge < -0.3 is 34.9 Å². The Hall–Kier alpha value is -2.76. The van der Waals surface area contributed by atoms with Crippen LogP contribution >= 0.6 is 0 Å². The van der Waals surface area contributed by atoms with Gasteiger partial charge in [0.15, 0.2) is 17.9 Å². The minimum Gasteiger partial charge on any atom is -0.444 e. The topological polar surface area (TPSA) is 120 Å². The maximum absolute atomic E-state index is 15.6. The number of aliphatic hydroxyl groups excluding tert-OH is 2. The molecule has 2 aliphatic rings. The number of halogens is 2. The molecular weight excluding hydrogens is 426 g/mol. The molecule has 2 aliphatic heterocycles. The number of ether oxygens (including phenoxy) is 1. The molecule has 1 fully saturated rings. The molecule has 1 saturated heterocycles. The molecule has 0 aliphatic carbocycles. The van der Waals surface area contributed by atoms with E-state index < -0.39 is 42.3 Å². The van der Waals surface area contributed by atoms with E-state index in [9.17, 15) is 15.0 Å². The van der Waals surface area contributed by atoms with Gasteiger partial charge in [0.1, 0.15) is 12.5 Å². The van der Waals surface area contributed by atoms with Gasteiger partial charge in [-0.15, -0.1) is 0 Å². The monoisotopic (exact) mass is 452 g/mol. The Morgan fingerprint density at radius 1 is 1.25 bits per heavy atom. The van der Waals surface area contributed by atoms with E-state index in [1.807, 2.05) is 6.92 Å². The van der Waals surface area contributed by atoms with Crippen LogP contribution in [0.4, 0.5) is 19.3 Å². The first kappa shape index (κ1) is 22.4. The second-order valence-corrected chi connectivity index (χ2v) is 8.13. The van der Waals surface area contributed by atoms with Crippen LogP contribution in [0.5, 0.6) is 0 Å². The summed E-state index contributed by atoms with van der Waals surface area (Å²) in [5.74, 6) is -2.40. The average Bonchev–Trinajstić information content (AvgIpc) is 3.18. The van der Waals surface area contributed by atoms with E-state index in [0.29, 0.717) is 12.1 Å². The predicted octanol–water partition coefficient (Wildman–Crippen LogP) is 1.66. The van der Waals surface area contributed by atoms with Crippen molar-refractivity contribution in [1.29, 1.82) is 0 Å². The lowest BCUT2D eigenvalue weighted by Gasteiger charge is -2.47. The molecular formula is C21H26F2N4O5. The zero-order valence-electron chi connectivity index (χ0n) is 17.9. The normalized spacial score (nSPS) is 28.4. The minimum absolute atomic E-state index is 0.0846. The van der Waals surface area contributed by atoms with Gasteiger partial charge in [0, 0.05) is 13.0 Å². The second-order valence-electron chi connectivity index (χ2n) is 8.13. The van der Waals surface area contributed by atoms with Crippen molar-refractivity contribution in [2.24, 2.45) is 0 Å². The van der Waals surface area contributed by atoms with Crippen molar-refractivity contribution in [2.45, 2.75) is 64.3 Å². The molecule has 2 amide bonds. The molecule has 2 aromatic rings. The van der Waals surface area contributed by atoms with Crippen LogP contribution in [0.25, 0.3) is 11.5 Å². The van der Waals surface area contributed by atoms with Gasteiger partial charge in [-0.25, -0.2) is 18.6 Å². The highest BCUT2D eigenvalue weighted by atomic mass is 19.2. The number of nitrogens with zero attached hydrogens (tertiary/aromatic N) is 2. The fourth-order valence-electron chi connectivity index (χ4n) is 4.37. The van der Waals surface area contributed by atoms with Gasteiger partial charge in [-0.05, 0) is 31.9 Å². The summed E-state index contributed by atoms with van der Waals surface area (Å²) in [4.78, 5) is 17.8. The highest BCUT2D eigenvalue weighted by molar-refractivity contribution is 5.75. The molecule has 4 N–H and O–H groups in total. The molecule has 11 heteroatoms. The molecule has 0 saturated carbocycles. The molecule has 0 spiro atoms. The van der Waals surface area contributed by atoms with E-state index in [0.717, 1.165) is 0 Å². The first-order chi connectivity index (χ1) is 15.2. The molecule has 1 aromatic carbocycles. The number of aliphatic hydroxyl groups is 2. The van der Waals surface area contributed by atoms with E-state index in [-0.39, 0.29) is 41.8 Å². The Kier molecular flexibility index (Phi) is 6.06. The number of benzene rings is 1. The number of oxazole rings is 1. The van der Waals surface area contributed by atoms with Crippen molar-refractivity contribution in [2.75, 3.05) is 11.4 Å². The van der Waals surface area contributed by atoms with Gasteiger partial charge in [0.05, 0.1) is 35.2 Å². The van der Waals surface area contributed by atoms with Crippen LogP contribution in [0.3, 0.4) is 0 Å². The molecule has 3 heterocycles. The Labute approximate surface area is 183 Å². The molecule has 5 atom stereocenters. The second kappa shape index (κ2) is 8.64. The van der Waals surface area contributed by atoms with Gasteiger partial charge in [0.25, 0.3) is 0 Å². The summed E-state index contributed by atoms with van der Waals surface area (Å²) in [6.45, 7) is 5.43. The molecule has 0 radical (unpaired) electrons. The van der Waals surface area contributed by atoms with Gasteiger partial charge in [-0.1, -0.05) is 6.92 Å². The van der Waals surface area contributed by atoms with Crippen molar-refractivity contribution >= 4 is 11.7 Å². The van der Waals surface area contributed by atoms with Gasteiger partial charge in [0.2, 0.25) is 5.89 Å². The summed E-state index contributed by atoms with van der Waals surface area (Å²) in [7, 11) is 0. The van der Waals surface area contributed by atoms with Crippen molar-refractivity contribution < 1.29 is 32.9 Å². The molecule has 174 valence electrons. The number of aryl methyl sites for hydroxylation is 1. The SMILES string of the molecule is CCc1coc(-c2cc3c(c(F)c2F)N2CC(C)OC(C)C2C(O)NC(=O)NC(O)C3)n1. The summed E-state index contributed by atoms with van der Waals surface area (Å²) < 4.78 is 42.0. The zero-order chi connectivity index (χ0) is 23.2. The van der Waals surface area contributed by atoms with Crippen LogP contribution in [0.1, 0.15) is 32.0 Å². The molecule has 9 nitrogen and oxygen atoms in total. The average molecular weight is 452 g/mol. The van der Waals surface area contributed by atoms with E-state index >= 15 is 8.78 Å². The van der Waals surface area contributed by atoms with E-state index in [2.05, 4.69) is 15.6 Å². The third kappa shape index (κ3) is 4.03. The number of carbonyl (C=O) groups excluding carboxylic acids is 1. The Morgan fingerprint density at radius 2 is 2.00 bits per heavy atom. The number of amides is 2. The Balaban J connectivity index is 1.91. The molecule has 5 unspecified atom stereocenters. The summed E-state index contributed by atoms with van der Waals surface area (Å²) >= 11 is 0. The van der Waals surface area contributed by atoms with Crippen molar-refractivity contribution in [3.05, 3.63) is 35.2 Å². The summed E-state index contributed by atoms with van der Waals surface area (Å²) in [5.41, 5.74) is 0.498. The summed E-state index contributed by atoms with van der Waals surface area (Å²) in [6.07, 6.45) is -2.15. The third-order valence-electron chi connectivity index (χ3n) is 5.75. The Morgan fingerprint density at radius 3 is 2.69 bits per heavy atom. The molecule has 32 heavy (non-hydrogen) atoms. The highest BCUT2D eigenvalue weighted by Crippen LogP contribution is 2.38. The minimum atomic E-state index is -1.48. The van der Waals surface area contributed by atoms with Crippen LogP contribution < -0.4 is 15.5 Å². The quantitative estimate of drug-likeness (QED) is 0.547. The number of rotatable bonds is 2. The number of fused-ring (bicyclic) bond motifs is 3. The number of morpholine rings is 1. The summed E-state index contributed by atoms with van der Waals surface area (Å²) in [6, 6.07) is -0.348. The van der Waals surface area contributed by atoms with Gasteiger partial charge >= 0.3 is 6.03 Å². The number of hydrogen-bond acceptors (Lipinski definition) is 7. The number of anilines is 1. The standard InChI is InChI=1S/C21H26F2N4O5/c1-4-12-8-31-20(24-12)13-5-11-6-14(28)25-21(30)26-19(29)17-10(3)32-9(2)7-27(17)18(11)16(23)15(13)22/h5,8-10,14,17,19,28-29H,4,6-7H2,1-3H3,(H2,25,26,30). The van der Waals surface area contributed by atoms with Crippen molar-refractivity contribution in [3.63, 3.8) is 0 Å². The van der Waals surface area contributed by atoms with Crippen molar-refractivity contribution in [1.82, 2.24) is 15.6 Å². The first-order valence-corrected chi connectivity index (χ1v) is 10.5. The molecule has 1 aromatic heterocycles. The van der Waals surface area contributed by atoms with Crippen LogP contribution in [-0.2, 0) is 17.6 Å². The van der Waals surface area contributed by atoms with Crippen LogP contribution in [0.15, 0.2) is 16.7 Å². The number of aromatic nitrogens is 1. The lowest BCUT2D eigenvalue weighted by atomic mass is 9.97. The summed E-state index contributed by atoms with van der Waals surface area (Å²) in [5, 5.41) is 25.6. The lowest BCUT2D eigenvalue weighted by molar-refractivity contribution is -0.0630. The fourth-order valence-corrected chi connectivity index (χ4v) is 4.37. The van der Waals surface area contributed by atoms with Gasteiger partial charge in [-0.2, -0.15) is 0 Å². The van der Waals surface area contributed by atoms with Crippen molar-refractivity contribution in [3.8, 4) is 11.5 Å². The fraction of sp³-hybridized carbons (Fsp3) is 0.524. The molecule has 0 bridgehead atoms. The van der Waals surface area contributed by atoms with Crippen LogP contribution in [0, 0.1) is 11.6 Å². The third-order valence-corrected chi connectivity index (χ3v) is 5.75. The maximum atomic E-state index is 15.6. The number of urea groups is 1. The van der Waals surface area contributed by atoms with E-state index in [1.54, 1.807) is 13.8 Å². The lowest BCUT2D eigenvalue weighted by Crippen LogP contribution is -2.64. The molecule has 4 rings (SSSR count). The van der Waals surface area contributed by atoms with E-state index in [4.69, 9.17) is 9.15 Å². The highest BCUT2D eigenvalue weighted by Gasteiger charge is 2.42. The predicted molar refractivity (Wildman–Crippen MR) is 110 cm³/mol. The first-order valence-electron chi connectivity index (χ1n) is 10.5. The van der Waals surface area contributed by atoms with Crippen LogP contribution in [0.2, 0.25) is 0 Å².